The summed E-state index contributed by atoms with van der Waals surface area (Å²) in [5, 5.41) is 24.6. The van der Waals surface area contributed by atoms with Crippen LogP contribution in [-0.2, 0) is 24.0 Å². The van der Waals surface area contributed by atoms with E-state index in [0.717, 1.165) is 0 Å². The summed E-state index contributed by atoms with van der Waals surface area (Å²) >= 11 is 0. The fourth-order valence-corrected chi connectivity index (χ4v) is 2.31. The van der Waals surface area contributed by atoms with Crippen molar-refractivity contribution in [1.29, 1.82) is 0 Å². The van der Waals surface area contributed by atoms with E-state index in [2.05, 4.69) is 16.0 Å². The number of hydrogen-bond donors (Lipinski definition) is 6. The molecule has 0 radical (unpaired) electrons. The monoisotopic (exact) mass is 402 g/mol. The normalized spacial score (nSPS) is 14.1. The number of carboxylic acid groups (broad SMARTS) is 2. The van der Waals surface area contributed by atoms with Crippen LogP contribution in [0.1, 0.15) is 40.5 Å². The molecule has 3 unspecified atom stereocenters. The number of nitrogens with one attached hydrogen (secondary N) is 3. The van der Waals surface area contributed by atoms with Crippen LogP contribution < -0.4 is 21.7 Å². The molecule has 0 heterocycles. The van der Waals surface area contributed by atoms with Crippen molar-refractivity contribution in [2.75, 3.05) is 6.54 Å². The van der Waals surface area contributed by atoms with Gasteiger partial charge in [0.15, 0.2) is 0 Å². The van der Waals surface area contributed by atoms with E-state index >= 15 is 0 Å². The predicted octanol–water partition coefficient (Wildman–Crippen LogP) is -1.34. The van der Waals surface area contributed by atoms with Crippen molar-refractivity contribution in [3.05, 3.63) is 0 Å². The standard InChI is InChI=1S/C17H30N4O7/c1-8(2)5-10(18)15(25)19-7-12(22)21-14(9(3)4)16(26)20-11(17(27)28)6-13(23)24/h8-11,14H,5-7,18H2,1-4H3,(H,19,25)(H,20,26)(H,21,22)(H,23,24)(H,27,28). The predicted molar refractivity (Wildman–Crippen MR) is 99.0 cm³/mol. The van der Waals surface area contributed by atoms with Crippen molar-refractivity contribution < 1.29 is 34.2 Å². The molecule has 0 aromatic rings. The van der Waals surface area contributed by atoms with Crippen molar-refractivity contribution in [3.8, 4) is 0 Å². The van der Waals surface area contributed by atoms with Gasteiger partial charge in [0, 0.05) is 0 Å². The van der Waals surface area contributed by atoms with E-state index < -0.39 is 66.7 Å². The largest absolute Gasteiger partial charge is 0.481 e. The van der Waals surface area contributed by atoms with Gasteiger partial charge in [0.05, 0.1) is 19.0 Å². The molecule has 160 valence electrons. The van der Waals surface area contributed by atoms with Gasteiger partial charge in [-0.25, -0.2) is 4.79 Å². The highest BCUT2D eigenvalue weighted by atomic mass is 16.4. The van der Waals surface area contributed by atoms with E-state index in [9.17, 15) is 24.0 Å². The van der Waals surface area contributed by atoms with Crippen molar-refractivity contribution in [3.63, 3.8) is 0 Å². The summed E-state index contributed by atoms with van der Waals surface area (Å²) in [6.45, 7) is 6.64. The second-order valence-corrected chi connectivity index (χ2v) is 7.24. The zero-order valence-corrected chi connectivity index (χ0v) is 16.5. The van der Waals surface area contributed by atoms with Gasteiger partial charge in [0.25, 0.3) is 0 Å². The molecular formula is C17H30N4O7. The lowest BCUT2D eigenvalue weighted by molar-refractivity contribution is -0.147. The van der Waals surface area contributed by atoms with E-state index in [1.165, 1.54) is 0 Å². The highest BCUT2D eigenvalue weighted by Crippen LogP contribution is 2.04. The molecule has 0 saturated carbocycles. The van der Waals surface area contributed by atoms with Gasteiger partial charge in [0.2, 0.25) is 17.7 Å². The average Bonchev–Trinajstić information content (AvgIpc) is 2.55. The Bertz CT molecular complexity index is 592. The van der Waals surface area contributed by atoms with Crippen LogP contribution >= 0.6 is 0 Å². The van der Waals surface area contributed by atoms with E-state index in [0.29, 0.717) is 6.42 Å². The van der Waals surface area contributed by atoms with Crippen molar-refractivity contribution in [1.82, 2.24) is 16.0 Å². The van der Waals surface area contributed by atoms with Gasteiger partial charge in [-0.2, -0.15) is 0 Å². The number of amides is 3. The first-order chi connectivity index (χ1) is 12.8. The molecule has 11 nitrogen and oxygen atoms in total. The van der Waals surface area contributed by atoms with Crippen LogP contribution in [0, 0.1) is 11.8 Å². The third-order valence-corrected chi connectivity index (χ3v) is 3.74. The molecule has 0 aromatic carbocycles. The van der Waals surface area contributed by atoms with Crippen LogP contribution in [0.15, 0.2) is 0 Å². The number of aliphatic carboxylic acids is 2. The first-order valence-corrected chi connectivity index (χ1v) is 8.92. The SMILES string of the molecule is CC(C)CC(N)C(=O)NCC(=O)NC(C(=O)NC(CC(=O)O)C(=O)O)C(C)C. The molecule has 0 bridgehead atoms. The van der Waals surface area contributed by atoms with Gasteiger partial charge in [-0.05, 0) is 18.3 Å². The lowest BCUT2D eigenvalue weighted by Crippen LogP contribution is -2.55. The van der Waals surface area contributed by atoms with E-state index in [1.807, 2.05) is 13.8 Å². The number of carbonyl (C=O) groups excluding carboxylic acids is 3. The minimum atomic E-state index is -1.63. The van der Waals surface area contributed by atoms with Crippen LogP contribution in [0.3, 0.4) is 0 Å². The summed E-state index contributed by atoms with van der Waals surface area (Å²) in [6, 6.07) is -3.49. The van der Waals surface area contributed by atoms with Gasteiger partial charge in [0.1, 0.15) is 12.1 Å². The van der Waals surface area contributed by atoms with Crippen molar-refractivity contribution in [2.45, 2.75) is 58.7 Å². The third kappa shape index (κ3) is 9.86. The summed E-state index contributed by atoms with van der Waals surface area (Å²) in [7, 11) is 0. The van der Waals surface area contributed by atoms with Gasteiger partial charge < -0.3 is 31.9 Å². The minimum Gasteiger partial charge on any atom is -0.481 e. The van der Waals surface area contributed by atoms with Crippen LogP contribution in [0.4, 0.5) is 0 Å². The van der Waals surface area contributed by atoms with Crippen molar-refractivity contribution >= 4 is 29.7 Å². The maximum atomic E-state index is 12.3. The second kappa shape index (κ2) is 11.9. The number of nitrogens with two attached hydrogens (primary N) is 1. The maximum absolute atomic E-state index is 12.3. The Morgan fingerprint density at radius 1 is 0.929 bits per heavy atom. The Kier molecular flexibility index (Phi) is 10.8. The highest BCUT2D eigenvalue weighted by molar-refractivity contribution is 5.93. The molecule has 3 atom stereocenters. The average molecular weight is 402 g/mol. The maximum Gasteiger partial charge on any atom is 0.326 e. The summed E-state index contributed by atoms with van der Waals surface area (Å²) < 4.78 is 0. The molecule has 0 aliphatic heterocycles. The Morgan fingerprint density at radius 3 is 1.93 bits per heavy atom. The lowest BCUT2D eigenvalue weighted by Gasteiger charge is -2.24. The highest BCUT2D eigenvalue weighted by Gasteiger charge is 2.30. The molecular weight excluding hydrogens is 372 g/mol. The molecule has 0 rings (SSSR count). The van der Waals surface area contributed by atoms with Crippen LogP contribution in [0.25, 0.3) is 0 Å². The minimum absolute atomic E-state index is 0.205. The van der Waals surface area contributed by atoms with Crippen LogP contribution in [0.5, 0.6) is 0 Å². The molecule has 7 N–H and O–H groups in total. The molecule has 0 spiro atoms. The van der Waals surface area contributed by atoms with E-state index in [4.69, 9.17) is 15.9 Å². The molecule has 0 aliphatic rings. The zero-order chi connectivity index (χ0) is 22.0. The lowest BCUT2D eigenvalue weighted by atomic mass is 10.0. The first kappa shape index (κ1) is 25.3. The summed E-state index contributed by atoms with van der Waals surface area (Å²) in [5.74, 6) is -5.10. The number of carboxylic acids is 2. The number of carbonyl (C=O) groups is 5. The molecule has 0 fully saturated rings. The smallest absolute Gasteiger partial charge is 0.326 e. The quantitative estimate of drug-likeness (QED) is 0.231. The molecule has 28 heavy (non-hydrogen) atoms. The van der Waals surface area contributed by atoms with Crippen LogP contribution in [0.2, 0.25) is 0 Å². The zero-order valence-electron chi connectivity index (χ0n) is 16.5. The fourth-order valence-electron chi connectivity index (χ4n) is 2.31. The summed E-state index contributed by atoms with van der Waals surface area (Å²) in [5.41, 5.74) is 5.71. The topological polar surface area (TPSA) is 188 Å². The van der Waals surface area contributed by atoms with E-state index in [-0.39, 0.29) is 5.92 Å². The first-order valence-electron chi connectivity index (χ1n) is 8.92. The number of hydrogen-bond acceptors (Lipinski definition) is 6. The Morgan fingerprint density at radius 2 is 1.50 bits per heavy atom. The third-order valence-electron chi connectivity index (χ3n) is 3.74. The Balaban J connectivity index is 4.81. The number of rotatable bonds is 12. The van der Waals surface area contributed by atoms with Gasteiger partial charge >= 0.3 is 11.9 Å². The van der Waals surface area contributed by atoms with Gasteiger partial charge in [-0.15, -0.1) is 0 Å². The van der Waals surface area contributed by atoms with Gasteiger partial charge in [-0.3, -0.25) is 19.2 Å². The van der Waals surface area contributed by atoms with E-state index in [1.54, 1.807) is 13.8 Å². The molecule has 0 aromatic heterocycles. The van der Waals surface area contributed by atoms with Gasteiger partial charge in [-0.1, -0.05) is 27.7 Å². The molecule has 11 heteroatoms. The molecule has 0 aliphatic carbocycles. The molecule has 3 amide bonds. The summed E-state index contributed by atoms with van der Waals surface area (Å²) in [4.78, 5) is 58.0. The second-order valence-electron chi connectivity index (χ2n) is 7.24. The van der Waals surface area contributed by atoms with Crippen molar-refractivity contribution in [2.24, 2.45) is 17.6 Å². The summed E-state index contributed by atoms with van der Waals surface area (Å²) in [6.07, 6.45) is -0.353. The molecule has 0 saturated heterocycles. The Hall–Kier alpha value is -2.69. The Labute approximate surface area is 163 Å². The van der Waals surface area contributed by atoms with Crippen LogP contribution in [-0.4, -0.2) is 64.5 Å². The fraction of sp³-hybridized carbons (Fsp3) is 0.706.